The third-order valence-electron chi connectivity index (χ3n) is 4.01. The van der Waals surface area contributed by atoms with Gasteiger partial charge >= 0.3 is 0 Å². The standard InChI is InChI=1S/C18H24O2/c1-6-12(5)16-13(7-2)14(8-3)17-18(15(16)9-4)20-11-10-19-17/h6-11H2,1-4H3. The summed E-state index contributed by atoms with van der Waals surface area (Å²) >= 11 is 0. The van der Waals surface area contributed by atoms with Crippen LogP contribution in [0.1, 0.15) is 56.4 Å². The van der Waals surface area contributed by atoms with Crippen LogP contribution in [0, 0.1) is 6.58 Å². The van der Waals surface area contributed by atoms with Crippen molar-refractivity contribution in [3.05, 3.63) is 28.8 Å². The van der Waals surface area contributed by atoms with E-state index in [1.165, 1.54) is 11.1 Å². The minimum atomic E-state index is 0.605. The van der Waals surface area contributed by atoms with Gasteiger partial charge in [-0.25, -0.2) is 0 Å². The molecule has 2 radical (unpaired) electrons. The van der Waals surface area contributed by atoms with Crippen LogP contribution in [-0.2, 0) is 19.3 Å². The van der Waals surface area contributed by atoms with E-state index < -0.39 is 0 Å². The van der Waals surface area contributed by atoms with Crippen molar-refractivity contribution >= 4 is 5.57 Å². The van der Waals surface area contributed by atoms with Gasteiger partial charge in [-0.3, -0.25) is 0 Å². The van der Waals surface area contributed by atoms with Gasteiger partial charge in [0.15, 0.2) is 11.5 Å². The van der Waals surface area contributed by atoms with Crippen molar-refractivity contribution in [2.75, 3.05) is 13.2 Å². The van der Waals surface area contributed by atoms with Crippen LogP contribution in [0.25, 0.3) is 5.57 Å². The van der Waals surface area contributed by atoms with Crippen LogP contribution in [-0.4, -0.2) is 13.2 Å². The predicted octanol–water partition coefficient (Wildman–Crippen LogP) is 4.25. The van der Waals surface area contributed by atoms with E-state index >= 15 is 0 Å². The van der Waals surface area contributed by atoms with Gasteiger partial charge in [0.2, 0.25) is 0 Å². The van der Waals surface area contributed by atoms with Crippen molar-refractivity contribution in [1.82, 2.24) is 0 Å². The molecule has 0 spiro atoms. The summed E-state index contributed by atoms with van der Waals surface area (Å²) in [5.41, 5.74) is 5.48. The highest BCUT2D eigenvalue weighted by Gasteiger charge is 2.26. The van der Waals surface area contributed by atoms with Crippen LogP contribution >= 0.6 is 0 Å². The Labute approximate surface area is 122 Å². The summed E-state index contributed by atoms with van der Waals surface area (Å²) in [6.45, 7) is 18.1. The molecule has 1 heterocycles. The summed E-state index contributed by atoms with van der Waals surface area (Å²) in [5, 5.41) is 0. The van der Waals surface area contributed by atoms with Crippen LogP contribution in [0.5, 0.6) is 11.5 Å². The van der Waals surface area contributed by atoms with Gasteiger partial charge in [0.05, 0.1) is 0 Å². The average Bonchev–Trinajstić information content (AvgIpc) is 2.51. The molecule has 0 unspecified atom stereocenters. The summed E-state index contributed by atoms with van der Waals surface area (Å²) < 4.78 is 11.8. The highest BCUT2D eigenvalue weighted by atomic mass is 16.6. The van der Waals surface area contributed by atoms with Gasteiger partial charge in [-0.05, 0) is 49.0 Å². The smallest absolute Gasteiger partial charge is 0.165 e. The molecule has 1 aliphatic rings. The van der Waals surface area contributed by atoms with Crippen molar-refractivity contribution in [3.63, 3.8) is 0 Å². The maximum Gasteiger partial charge on any atom is 0.165 e. The Morgan fingerprint density at radius 1 is 0.850 bits per heavy atom. The summed E-state index contributed by atoms with van der Waals surface area (Å²) in [4.78, 5) is 0. The molecule has 0 atom stereocenters. The molecule has 0 aliphatic carbocycles. The Morgan fingerprint density at radius 3 is 1.80 bits per heavy atom. The Kier molecular flexibility index (Phi) is 4.74. The fraction of sp³-hybridized carbons (Fsp3) is 0.556. The topological polar surface area (TPSA) is 18.5 Å². The Morgan fingerprint density at radius 2 is 1.35 bits per heavy atom. The van der Waals surface area contributed by atoms with Gasteiger partial charge < -0.3 is 9.47 Å². The second kappa shape index (κ2) is 6.34. The lowest BCUT2D eigenvalue weighted by Gasteiger charge is -2.28. The molecule has 1 aliphatic heterocycles. The number of hydrogen-bond donors (Lipinski definition) is 0. The molecular weight excluding hydrogens is 248 g/mol. The Hall–Kier alpha value is -1.44. The van der Waals surface area contributed by atoms with E-state index in [2.05, 4.69) is 20.8 Å². The van der Waals surface area contributed by atoms with Crippen LogP contribution in [0.4, 0.5) is 0 Å². The Balaban J connectivity index is 2.80. The highest BCUT2D eigenvalue weighted by Crippen LogP contribution is 2.45. The van der Waals surface area contributed by atoms with Crippen molar-refractivity contribution < 1.29 is 9.47 Å². The van der Waals surface area contributed by atoms with Crippen molar-refractivity contribution in [3.8, 4) is 11.5 Å². The highest BCUT2D eigenvalue weighted by molar-refractivity contribution is 5.75. The average molecular weight is 272 g/mol. The second-order valence-electron chi connectivity index (χ2n) is 5.06. The zero-order valence-electron chi connectivity index (χ0n) is 13.1. The van der Waals surface area contributed by atoms with Gasteiger partial charge in [-0.1, -0.05) is 27.7 Å². The number of ether oxygens (including phenoxy) is 2. The normalized spacial score (nSPS) is 13.4. The first-order valence-corrected chi connectivity index (χ1v) is 7.73. The molecule has 2 rings (SSSR count). The first-order valence-electron chi connectivity index (χ1n) is 7.73. The molecule has 0 saturated carbocycles. The summed E-state index contributed by atoms with van der Waals surface area (Å²) in [6, 6.07) is 0. The van der Waals surface area contributed by atoms with E-state index in [-0.39, 0.29) is 0 Å². The number of hydrogen-bond acceptors (Lipinski definition) is 2. The molecule has 2 heteroatoms. The largest absolute Gasteiger partial charge is 0.486 e. The van der Waals surface area contributed by atoms with Gasteiger partial charge in [0.25, 0.3) is 0 Å². The molecule has 1 aromatic rings. The van der Waals surface area contributed by atoms with E-state index in [1.807, 2.05) is 6.92 Å². The molecule has 108 valence electrons. The first-order chi connectivity index (χ1) is 9.69. The van der Waals surface area contributed by atoms with Crippen molar-refractivity contribution in [2.24, 2.45) is 0 Å². The van der Waals surface area contributed by atoms with Gasteiger partial charge in [0.1, 0.15) is 13.2 Å². The van der Waals surface area contributed by atoms with Crippen molar-refractivity contribution in [2.45, 2.75) is 53.4 Å². The second-order valence-corrected chi connectivity index (χ2v) is 5.06. The summed E-state index contributed by atoms with van der Waals surface area (Å²) in [5.74, 6) is 1.82. The molecule has 0 bridgehead atoms. The fourth-order valence-corrected chi connectivity index (χ4v) is 3.09. The molecule has 0 fully saturated rings. The van der Waals surface area contributed by atoms with Gasteiger partial charge in [-0.2, -0.15) is 0 Å². The number of benzene rings is 1. The zero-order chi connectivity index (χ0) is 14.7. The summed E-state index contributed by atoms with van der Waals surface area (Å²) in [7, 11) is 0. The van der Waals surface area contributed by atoms with E-state index in [0.29, 0.717) is 18.8 Å². The first kappa shape index (κ1) is 15.0. The van der Waals surface area contributed by atoms with E-state index in [1.54, 1.807) is 0 Å². The molecule has 1 aromatic carbocycles. The molecule has 0 aromatic heterocycles. The quantitative estimate of drug-likeness (QED) is 0.798. The molecule has 0 amide bonds. The zero-order valence-corrected chi connectivity index (χ0v) is 13.1. The molecule has 20 heavy (non-hydrogen) atoms. The lowest BCUT2D eigenvalue weighted by molar-refractivity contribution is 0.168. The SMILES string of the molecule is [C]=C(CC)c1c(CC)c(CC)c2c(c1CC)OCCO2. The van der Waals surface area contributed by atoms with Gasteiger partial charge in [0, 0.05) is 11.1 Å². The van der Waals surface area contributed by atoms with Crippen LogP contribution in [0.3, 0.4) is 0 Å². The lowest BCUT2D eigenvalue weighted by Crippen LogP contribution is -2.20. The maximum atomic E-state index is 8.36. The minimum absolute atomic E-state index is 0.605. The third-order valence-corrected chi connectivity index (χ3v) is 4.01. The molecule has 0 saturated heterocycles. The maximum absolute atomic E-state index is 8.36. The van der Waals surface area contributed by atoms with Crippen LogP contribution in [0.15, 0.2) is 0 Å². The third kappa shape index (κ3) is 2.32. The fourth-order valence-electron chi connectivity index (χ4n) is 3.09. The van der Waals surface area contributed by atoms with Gasteiger partial charge in [-0.15, -0.1) is 0 Å². The lowest BCUT2D eigenvalue weighted by atomic mass is 9.85. The number of fused-ring (bicyclic) bond motifs is 1. The molecule has 2 nitrogen and oxygen atoms in total. The predicted molar refractivity (Wildman–Crippen MR) is 82.5 cm³/mol. The van der Waals surface area contributed by atoms with E-state index in [0.717, 1.165) is 48.3 Å². The molecular formula is C18H24O2. The van der Waals surface area contributed by atoms with E-state index in [4.69, 9.17) is 16.1 Å². The molecule has 0 N–H and O–H groups in total. The summed E-state index contributed by atoms with van der Waals surface area (Å²) in [6.07, 6.45) is 3.48. The van der Waals surface area contributed by atoms with Crippen LogP contribution in [0.2, 0.25) is 0 Å². The van der Waals surface area contributed by atoms with Crippen LogP contribution < -0.4 is 9.47 Å². The minimum Gasteiger partial charge on any atom is -0.486 e. The van der Waals surface area contributed by atoms with E-state index in [9.17, 15) is 0 Å². The van der Waals surface area contributed by atoms with Crippen molar-refractivity contribution in [1.29, 1.82) is 0 Å². The number of rotatable bonds is 5. The number of allylic oxidation sites excluding steroid dienone is 1. The monoisotopic (exact) mass is 272 g/mol. The Bertz CT molecular complexity index is 490.